The van der Waals surface area contributed by atoms with Gasteiger partial charge in [0.2, 0.25) is 0 Å². The molecule has 3 nitrogen and oxygen atoms in total. The Balaban J connectivity index is 1.99. The molecule has 3 heteroatoms. The van der Waals surface area contributed by atoms with Gasteiger partial charge in [-0.2, -0.15) is 0 Å². The summed E-state index contributed by atoms with van der Waals surface area (Å²) in [5.41, 5.74) is 3.36. The molecule has 1 saturated carbocycles. The molecule has 98 valence electrons. The van der Waals surface area contributed by atoms with Crippen molar-refractivity contribution in [1.82, 2.24) is 4.90 Å². The van der Waals surface area contributed by atoms with Crippen molar-refractivity contribution < 1.29 is 9.90 Å². The van der Waals surface area contributed by atoms with Gasteiger partial charge < -0.3 is 10.0 Å². The first-order valence-electron chi connectivity index (χ1n) is 6.41. The Labute approximate surface area is 108 Å². The van der Waals surface area contributed by atoms with Crippen LogP contribution in [-0.4, -0.2) is 29.6 Å². The van der Waals surface area contributed by atoms with Crippen LogP contribution < -0.4 is 0 Å². The summed E-state index contributed by atoms with van der Waals surface area (Å²) >= 11 is 0. The molecular weight excluding hydrogens is 226 g/mol. The number of carboxylic acids is 1. The van der Waals surface area contributed by atoms with E-state index in [1.807, 2.05) is 7.05 Å². The summed E-state index contributed by atoms with van der Waals surface area (Å²) in [6.45, 7) is 5.67. The molecule has 0 radical (unpaired) electrons. The van der Waals surface area contributed by atoms with Crippen LogP contribution in [0.4, 0.5) is 0 Å². The Bertz CT molecular complexity index is 464. The molecule has 0 bridgehead atoms. The molecule has 0 amide bonds. The maximum atomic E-state index is 11.2. The first kappa shape index (κ1) is 13.1. The van der Waals surface area contributed by atoms with Gasteiger partial charge >= 0.3 is 5.97 Å². The molecule has 0 unspecified atom stereocenters. The molecule has 0 heterocycles. The summed E-state index contributed by atoms with van der Waals surface area (Å²) in [5.74, 6) is -0.644. The van der Waals surface area contributed by atoms with Gasteiger partial charge in [-0.25, -0.2) is 0 Å². The summed E-state index contributed by atoms with van der Waals surface area (Å²) < 4.78 is 0. The number of benzene rings is 1. The SMILES string of the molecule is Cc1ccc(CN(C)CC2(C(=O)O)CC2)c(C)c1. The number of hydrogen-bond donors (Lipinski definition) is 1. The molecule has 1 N–H and O–H groups in total. The van der Waals surface area contributed by atoms with Gasteiger partial charge in [0, 0.05) is 13.1 Å². The standard InChI is InChI=1S/C15H21NO2/c1-11-4-5-13(12(2)8-11)9-16(3)10-15(6-7-15)14(17)18/h4-5,8H,6-7,9-10H2,1-3H3,(H,17,18). The molecule has 0 spiro atoms. The van der Waals surface area contributed by atoms with Crippen LogP contribution in [0.1, 0.15) is 29.5 Å². The number of aryl methyl sites for hydroxylation is 2. The quantitative estimate of drug-likeness (QED) is 0.869. The molecule has 0 aromatic heterocycles. The van der Waals surface area contributed by atoms with Crippen molar-refractivity contribution in [2.45, 2.75) is 33.2 Å². The molecule has 1 aromatic rings. The average molecular weight is 247 g/mol. The van der Waals surface area contributed by atoms with Gasteiger partial charge in [0.15, 0.2) is 0 Å². The average Bonchev–Trinajstić information content (AvgIpc) is 3.03. The molecule has 1 aromatic carbocycles. The van der Waals surface area contributed by atoms with Crippen molar-refractivity contribution in [2.75, 3.05) is 13.6 Å². The first-order valence-corrected chi connectivity index (χ1v) is 6.41. The zero-order valence-electron chi connectivity index (χ0n) is 11.4. The normalized spacial score (nSPS) is 16.9. The number of carbonyl (C=O) groups is 1. The largest absolute Gasteiger partial charge is 0.481 e. The summed E-state index contributed by atoms with van der Waals surface area (Å²) in [6.07, 6.45) is 1.64. The van der Waals surface area contributed by atoms with E-state index in [0.717, 1.165) is 19.4 Å². The van der Waals surface area contributed by atoms with Crippen LogP contribution in [0.15, 0.2) is 18.2 Å². The van der Waals surface area contributed by atoms with Gasteiger partial charge in [-0.3, -0.25) is 4.79 Å². The van der Waals surface area contributed by atoms with Gasteiger partial charge in [-0.05, 0) is 44.9 Å². The number of rotatable bonds is 5. The topological polar surface area (TPSA) is 40.5 Å². The second kappa shape index (κ2) is 4.73. The monoisotopic (exact) mass is 247 g/mol. The zero-order chi connectivity index (χ0) is 13.3. The molecule has 2 rings (SSSR count). The lowest BCUT2D eigenvalue weighted by molar-refractivity contribution is -0.144. The molecule has 1 aliphatic carbocycles. The van der Waals surface area contributed by atoms with Crippen molar-refractivity contribution in [2.24, 2.45) is 5.41 Å². The molecule has 0 aliphatic heterocycles. The number of aliphatic carboxylic acids is 1. The maximum absolute atomic E-state index is 11.2. The third-order valence-electron chi connectivity index (χ3n) is 3.82. The van der Waals surface area contributed by atoms with Crippen LogP contribution in [-0.2, 0) is 11.3 Å². The highest BCUT2D eigenvalue weighted by molar-refractivity contribution is 5.78. The van der Waals surface area contributed by atoms with E-state index in [1.54, 1.807) is 0 Å². The zero-order valence-corrected chi connectivity index (χ0v) is 11.4. The van der Waals surface area contributed by atoms with Gasteiger partial charge in [-0.1, -0.05) is 23.8 Å². The highest BCUT2D eigenvalue weighted by atomic mass is 16.4. The summed E-state index contributed by atoms with van der Waals surface area (Å²) in [5, 5.41) is 9.18. The van der Waals surface area contributed by atoms with E-state index in [-0.39, 0.29) is 0 Å². The highest BCUT2D eigenvalue weighted by Crippen LogP contribution is 2.46. The van der Waals surface area contributed by atoms with Gasteiger partial charge in [0.05, 0.1) is 5.41 Å². The van der Waals surface area contributed by atoms with E-state index in [4.69, 9.17) is 0 Å². The van der Waals surface area contributed by atoms with Crippen LogP contribution in [0.5, 0.6) is 0 Å². The Morgan fingerprint density at radius 3 is 2.56 bits per heavy atom. The minimum atomic E-state index is -0.644. The third kappa shape index (κ3) is 2.72. The highest BCUT2D eigenvalue weighted by Gasteiger charge is 2.50. The van der Waals surface area contributed by atoms with Gasteiger partial charge in [0.1, 0.15) is 0 Å². The van der Waals surface area contributed by atoms with E-state index in [1.165, 1.54) is 16.7 Å². The number of nitrogens with zero attached hydrogens (tertiary/aromatic N) is 1. The second-order valence-corrected chi connectivity index (χ2v) is 5.69. The summed E-state index contributed by atoms with van der Waals surface area (Å²) in [4.78, 5) is 13.3. The smallest absolute Gasteiger partial charge is 0.310 e. The predicted octanol–water partition coefficient (Wildman–Crippen LogP) is 2.60. The van der Waals surface area contributed by atoms with Gasteiger partial charge in [0.25, 0.3) is 0 Å². The van der Waals surface area contributed by atoms with E-state index in [0.29, 0.717) is 6.54 Å². The summed E-state index contributed by atoms with van der Waals surface area (Å²) in [7, 11) is 2.00. The van der Waals surface area contributed by atoms with Crippen LogP contribution in [0.25, 0.3) is 0 Å². The molecule has 1 aliphatic rings. The molecule has 18 heavy (non-hydrogen) atoms. The number of carboxylic acid groups (broad SMARTS) is 1. The fourth-order valence-electron chi connectivity index (χ4n) is 2.48. The summed E-state index contributed by atoms with van der Waals surface area (Å²) in [6, 6.07) is 6.43. The van der Waals surface area contributed by atoms with Gasteiger partial charge in [-0.15, -0.1) is 0 Å². The Morgan fingerprint density at radius 1 is 1.39 bits per heavy atom. The van der Waals surface area contributed by atoms with Crippen molar-refractivity contribution >= 4 is 5.97 Å². The van der Waals surface area contributed by atoms with Crippen molar-refractivity contribution in [3.63, 3.8) is 0 Å². The van der Waals surface area contributed by atoms with E-state index in [2.05, 4.69) is 36.9 Å². The van der Waals surface area contributed by atoms with E-state index in [9.17, 15) is 9.90 Å². The molecule has 1 fully saturated rings. The first-order chi connectivity index (χ1) is 8.43. The lowest BCUT2D eigenvalue weighted by Gasteiger charge is -2.22. The minimum Gasteiger partial charge on any atom is -0.481 e. The molecule has 0 saturated heterocycles. The fourth-order valence-corrected chi connectivity index (χ4v) is 2.48. The third-order valence-corrected chi connectivity index (χ3v) is 3.82. The van der Waals surface area contributed by atoms with Crippen molar-refractivity contribution in [3.8, 4) is 0 Å². The Kier molecular flexibility index (Phi) is 3.44. The van der Waals surface area contributed by atoms with Crippen LogP contribution in [0, 0.1) is 19.3 Å². The van der Waals surface area contributed by atoms with Crippen LogP contribution in [0.3, 0.4) is 0 Å². The lowest BCUT2D eigenvalue weighted by atomic mass is 10.0. The minimum absolute atomic E-state index is 0.465. The maximum Gasteiger partial charge on any atom is 0.310 e. The molecular formula is C15H21NO2. The van der Waals surface area contributed by atoms with Crippen molar-refractivity contribution in [3.05, 3.63) is 34.9 Å². The fraction of sp³-hybridized carbons (Fsp3) is 0.533. The van der Waals surface area contributed by atoms with Crippen molar-refractivity contribution in [1.29, 1.82) is 0 Å². The number of hydrogen-bond acceptors (Lipinski definition) is 2. The van der Waals surface area contributed by atoms with E-state index >= 15 is 0 Å². The molecule has 0 atom stereocenters. The predicted molar refractivity (Wildman–Crippen MR) is 71.6 cm³/mol. The lowest BCUT2D eigenvalue weighted by Crippen LogP contribution is -2.31. The van der Waals surface area contributed by atoms with Crippen LogP contribution in [0.2, 0.25) is 0 Å². The Hall–Kier alpha value is -1.35. The van der Waals surface area contributed by atoms with E-state index < -0.39 is 11.4 Å². The second-order valence-electron chi connectivity index (χ2n) is 5.69. The Morgan fingerprint density at radius 2 is 2.06 bits per heavy atom. The van der Waals surface area contributed by atoms with Crippen LogP contribution >= 0.6 is 0 Å².